The fraction of sp³-hybridized carbons (Fsp3) is 0.579. The Balaban J connectivity index is 1.47. The van der Waals surface area contributed by atoms with Gasteiger partial charge in [0.05, 0.1) is 7.05 Å². The van der Waals surface area contributed by atoms with Crippen molar-refractivity contribution < 1.29 is 18.6 Å². The van der Waals surface area contributed by atoms with Crippen LogP contribution >= 0.6 is 0 Å². The summed E-state index contributed by atoms with van der Waals surface area (Å²) in [6.07, 6.45) is 2.57. The number of rotatable bonds is 8. The van der Waals surface area contributed by atoms with Crippen LogP contribution in [0.3, 0.4) is 0 Å². The molecule has 0 radical (unpaired) electrons. The van der Waals surface area contributed by atoms with Crippen LogP contribution < -0.4 is 10.6 Å². The summed E-state index contributed by atoms with van der Waals surface area (Å²) in [4.78, 5) is 22.7. The molecule has 0 atom stereocenters. The second kappa shape index (κ2) is 7.54. The third-order valence-electron chi connectivity index (χ3n) is 5.93. The van der Waals surface area contributed by atoms with Crippen LogP contribution in [0.25, 0.3) is 0 Å². The number of anilines is 1. The standard InChI is InChI=1S/C19H28N4O2/c1-22-9-12-23(13-10-22,14-11-22)15-19(25)21-18-6-4-17(5-7-18)3-2-8-20-16-24/h4-7,16H,2-3,8-15H2,1H3/p+2. The number of carbonyl (C=O) groups is 2. The fourth-order valence-electron chi connectivity index (χ4n) is 3.98. The van der Waals surface area contributed by atoms with Crippen molar-refractivity contribution >= 4 is 18.0 Å². The summed E-state index contributed by atoms with van der Waals surface area (Å²) in [6.45, 7) is 8.24. The monoisotopic (exact) mass is 346 g/mol. The van der Waals surface area contributed by atoms with Gasteiger partial charge in [-0.25, -0.2) is 0 Å². The van der Waals surface area contributed by atoms with E-state index < -0.39 is 0 Å². The first-order chi connectivity index (χ1) is 12.0. The number of nitrogens with one attached hydrogen (secondary N) is 2. The van der Waals surface area contributed by atoms with E-state index in [1.54, 1.807) is 0 Å². The van der Waals surface area contributed by atoms with Gasteiger partial charge in [-0.15, -0.1) is 0 Å². The maximum atomic E-state index is 12.5. The molecule has 1 aromatic rings. The van der Waals surface area contributed by atoms with Crippen LogP contribution in [0, 0.1) is 0 Å². The van der Waals surface area contributed by atoms with Gasteiger partial charge in [0.25, 0.3) is 5.91 Å². The van der Waals surface area contributed by atoms with Crippen molar-refractivity contribution in [3.8, 4) is 0 Å². The molecule has 2 bridgehead atoms. The van der Waals surface area contributed by atoms with Crippen molar-refractivity contribution in [1.29, 1.82) is 0 Å². The Morgan fingerprint density at radius 1 is 1.08 bits per heavy atom. The van der Waals surface area contributed by atoms with Crippen molar-refractivity contribution in [2.24, 2.45) is 0 Å². The van der Waals surface area contributed by atoms with E-state index in [-0.39, 0.29) is 5.91 Å². The molecule has 0 spiro atoms. The van der Waals surface area contributed by atoms with Gasteiger partial charge in [-0.3, -0.25) is 9.59 Å². The zero-order valence-corrected chi connectivity index (χ0v) is 15.2. The summed E-state index contributed by atoms with van der Waals surface area (Å²) < 4.78 is 2.15. The lowest BCUT2D eigenvalue weighted by Gasteiger charge is -2.53. The van der Waals surface area contributed by atoms with Crippen molar-refractivity contribution in [2.45, 2.75) is 12.8 Å². The zero-order chi connectivity index (χ0) is 17.8. The third kappa shape index (κ3) is 4.58. The Hall–Kier alpha value is -1.92. The maximum absolute atomic E-state index is 12.5. The zero-order valence-electron chi connectivity index (χ0n) is 15.2. The first kappa shape index (κ1) is 17.9. The van der Waals surface area contributed by atoms with Crippen molar-refractivity contribution in [3.63, 3.8) is 0 Å². The van der Waals surface area contributed by atoms with E-state index in [0.29, 0.717) is 13.1 Å². The van der Waals surface area contributed by atoms with Crippen molar-refractivity contribution in [2.75, 3.05) is 64.7 Å². The number of amides is 2. The van der Waals surface area contributed by atoms with E-state index in [0.717, 1.165) is 49.1 Å². The second-order valence-corrected chi connectivity index (χ2v) is 7.88. The van der Waals surface area contributed by atoms with Gasteiger partial charge in [0.1, 0.15) is 39.3 Å². The van der Waals surface area contributed by atoms with Gasteiger partial charge in [-0.05, 0) is 30.5 Å². The summed E-state index contributed by atoms with van der Waals surface area (Å²) in [5.41, 5.74) is 2.09. The van der Waals surface area contributed by atoms with Crippen LogP contribution in [0.1, 0.15) is 12.0 Å². The number of quaternary nitrogens is 2. The maximum Gasteiger partial charge on any atom is 0.279 e. The van der Waals surface area contributed by atoms with E-state index in [1.165, 1.54) is 29.7 Å². The number of nitrogens with zero attached hydrogens (tertiary/aromatic N) is 2. The van der Waals surface area contributed by atoms with E-state index in [1.807, 2.05) is 24.3 Å². The number of hydrogen-bond acceptors (Lipinski definition) is 2. The summed E-state index contributed by atoms with van der Waals surface area (Å²) >= 11 is 0. The molecular formula is C19H30N4O2+2. The number of benzene rings is 1. The molecule has 25 heavy (non-hydrogen) atoms. The average molecular weight is 346 g/mol. The molecule has 3 fully saturated rings. The van der Waals surface area contributed by atoms with Crippen molar-refractivity contribution in [1.82, 2.24) is 5.32 Å². The molecule has 3 aliphatic rings. The minimum absolute atomic E-state index is 0.126. The van der Waals surface area contributed by atoms with Crippen LogP contribution in [0.2, 0.25) is 0 Å². The lowest BCUT2D eigenvalue weighted by molar-refractivity contribution is -1.07. The quantitative estimate of drug-likeness (QED) is 0.411. The molecule has 0 saturated carbocycles. The Bertz CT molecular complexity index is 590. The molecule has 0 aliphatic carbocycles. The highest BCUT2D eigenvalue weighted by atomic mass is 16.2. The van der Waals surface area contributed by atoms with E-state index in [9.17, 15) is 9.59 Å². The first-order valence-electron chi connectivity index (χ1n) is 9.27. The number of fused-ring (bicyclic) bond motifs is 3. The summed E-state index contributed by atoms with van der Waals surface area (Å²) in [5, 5.41) is 5.73. The molecule has 2 amide bonds. The number of carbonyl (C=O) groups excluding carboxylic acids is 2. The largest absolute Gasteiger partial charge is 0.359 e. The predicted octanol–water partition coefficient (Wildman–Crippen LogP) is 0.594. The highest BCUT2D eigenvalue weighted by Gasteiger charge is 2.47. The highest BCUT2D eigenvalue weighted by Crippen LogP contribution is 2.24. The molecule has 3 heterocycles. The van der Waals surface area contributed by atoms with Crippen molar-refractivity contribution in [3.05, 3.63) is 29.8 Å². The molecule has 3 aliphatic heterocycles. The van der Waals surface area contributed by atoms with Gasteiger partial charge in [0, 0.05) is 12.2 Å². The molecule has 3 saturated heterocycles. The Labute approximate surface area is 150 Å². The summed E-state index contributed by atoms with van der Waals surface area (Å²) in [6, 6.07) is 8.04. The van der Waals surface area contributed by atoms with Gasteiger partial charge in [-0.2, -0.15) is 0 Å². The van der Waals surface area contributed by atoms with Crippen LogP contribution in [0.5, 0.6) is 0 Å². The smallest absolute Gasteiger partial charge is 0.279 e. The number of piperazine rings is 3. The van der Waals surface area contributed by atoms with Gasteiger partial charge < -0.3 is 19.6 Å². The first-order valence-corrected chi connectivity index (χ1v) is 9.27. The molecule has 2 N–H and O–H groups in total. The molecule has 136 valence electrons. The lowest BCUT2D eigenvalue weighted by atomic mass is 10.1. The van der Waals surface area contributed by atoms with Gasteiger partial charge in [0.15, 0.2) is 6.54 Å². The normalized spacial score (nSPS) is 27.7. The molecular weight excluding hydrogens is 316 g/mol. The second-order valence-electron chi connectivity index (χ2n) is 7.88. The molecule has 6 heteroatoms. The predicted molar refractivity (Wildman–Crippen MR) is 98.0 cm³/mol. The molecule has 0 aromatic heterocycles. The van der Waals surface area contributed by atoms with Crippen LogP contribution in [-0.2, 0) is 16.0 Å². The minimum atomic E-state index is 0.126. The van der Waals surface area contributed by atoms with Crippen LogP contribution in [0.4, 0.5) is 5.69 Å². The third-order valence-corrected chi connectivity index (χ3v) is 5.93. The summed E-state index contributed by atoms with van der Waals surface area (Å²) in [5.74, 6) is 0.126. The topological polar surface area (TPSA) is 58.2 Å². The Morgan fingerprint density at radius 3 is 2.32 bits per heavy atom. The Morgan fingerprint density at radius 2 is 1.72 bits per heavy atom. The molecule has 4 rings (SSSR count). The van der Waals surface area contributed by atoms with Gasteiger partial charge in [-0.1, -0.05) is 12.1 Å². The molecule has 6 nitrogen and oxygen atoms in total. The number of aryl methyl sites for hydroxylation is 1. The minimum Gasteiger partial charge on any atom is -0.359 e. The summed E-state index contributed by atoms with van der Waals surface area (Å²) in [7, 11) is 2.34. The van der Waals surface area contributed by atoms with E-state index in [2.05, 4.69) is 17.7 Å². The highest BCUT2D eigenvalue weighted by molar-refractivity contribution is 5.91. The SMILES string of the molecule is C[N+]12CC[N+](CC(=O)Nc3ccc(CCCNC=O)cc3)(CC1)CC2. The number of hydrogen-bond donors (Lipinski definition) is 2. The van der Waals surface area contributed by atoms with Crippen LogP contribution in [-0.4, -0.2) is 80.7 Å². The molecule has 0 unspecified atom stereocenters. The van der Waals surface area contributed by atoms with Crippen LogP contribution in [0.15, 0.2) is 24.3 Å². The average Bonchev–Trinajstić information content (AvgIpc) is 2.61. The molecule has 1 aromatic carbocycles. The lowest BCUT2D eigenvalue weighted by Crippen LogP contribution is -2.74. The van der Waals surface area contributed by atoms with Gasteiger partial charge >= 0.3 is 0 Å². The Kier molecular flexibility index (Phi) is 5.39. The van der Waals surface area contributed by atoms with E-state index in [4.69, 9.17) is 0 Å². The number of likely N-dealkylation sites (N-methyl/N-ethyl adjacent to an activating group) is 1. The fourth-order valence-corrected chi connectivity index (χ4v) is 3.98. The van der Waals surface area contributed by atoms with Gasteiger partial charge in [0.2, 0.25) is 6.41 Å². The van der Waals surface area contributed by atoms with E-state index >= 15 is 0 Å².